The largest absolute Gasteiger partial charge is 0.349 e. The highest BCUT2D eigenvalue weighted by atomic mass is 35.5. The van der Waals surface area contributed by atoms with Gasteiger partial charge in [-0.2, -0.15) is 5.10 Å². The highest BCUT2D eigenvalue weighted by molar-refractivity contribution is 6.32. The van der Waals surface area contributed by atoms with Crippen molar-refractivity contribution in [1.82, 2.24) is 20.4 Å². The summed E-state index contributed by atoms with van der Waals surface area (Å²) < 4.78 is 0. The van der Waals surface area contributed by atoms with Gasteiger partial charge in [0.25, 0.3) is 5.91 Å². The molecule has 1 saturated heterocycles. The maximum absolute atomic E-state index is 12.5. The molecule has 1 aromatic carbocycles. The molecule has 0 spiro atoms. The van der Waals surface area contributed by atoms with Crippen molar-refractivity contribution in [1.29, 1.82) is 0 Å². The number of carbonyl (C=O) groups excluding carboxylic acids is 2. The van der Waals surface area contributed by atoms with Crippen LogP contribution in [0.15, 0.2) is 18.3 Å². The van der Waals surface area contributed by atoms with E-state index >= 15 is 0 Å². The maximum atomic E-state index is 12.5. The minimum Gasteiger partial charge on any atom is -0.349 e. The van der Waals surface area contributed by atoms with Gasteiger partial charge in [-0.1, -0.05) is 11.6 Å². The Morgan fingerprint density at radius 2 is 2.09 bits per heavy atom. The lowest BCUT2D eigenvalue weighted by molar-refractivity contribution is -0.129. The molecule has 116 valence electrons. The molecule has 2 aromatic rings. The van der Waals surface area contributed by atoms with Crippen LogP contribution in [0.3, 0.4) is 0 Å². The third kappa shape index (κ3) is 2.92. The summed E-state index contributed by atoms with van der Waals surface area (Å²) in [4.78, 5) is 25.6. The van der Waals surface area contributed by atoms with E-state index in [9.17, 15) is 9.59 Å². The fraction of sp³-hybridized carbons (Fsp3) is 0.400. The van der Waals surface area contributed by atoms with E-state index in [4.69, 9.17) is 11.6 Å². The quantitative estimate of drug-likeness (QED) is 0.888. The van der Waals surface area contributed by atoms with Crippen molar-refractivity contribution >= 4 is 34.3 Å². The average Bonchev–Trinajstić information content (AvgIpc) is 2.94. The number of likely N-dealkylation sites (tertiary alicyclic amines) is 1. The van der Waals surface area contributed by atoms with Crippen LogP contribution in [-0.4, -0.2) is 46.0 Å². The fourth-order valence-electron chi connectivity index (χ4n) is 2.80. The van der Waals surface area contributed by atoms with Gasteiger partial charge in [-0.25, -0.2) is 0 Å². The molecule has 2 N–H and O–H groups in total. The van der Waals surface area contributed by atoms with Gasteiger partial charge in [0.1, 0.15) is 0 Å². The first-order chi connectivity index (χ1) is 10.5. The van der Waals surface area contributed by atoms with Crippen LogP contribution in [0.5, 0.6) is 0 Å². The summed E-state index contributed by atoms with van der Waals surface area (Å²) in [5, 5.41) is 11.1. The Morgan fingerprint density at radius 1 is 1.36 bits per heavy atom. The summed E-state index contributed by atoms with van der Waals surface area (Å²) in [5.74, 6) is -0.0863. The number of nitrogens with one attached hydrogen (secondary N) is 2. The summed E-state index contributed by atoms with van der Waals surface area (Å²) in [7, 11) is 0. The molecule has 22 heavy (non-hydrogen) atoms. The van der Waals surface area contributed by atoms with Gasteiger partial charge < -0.3 is 10.2 Å². The number of rotatable bonds is 2. The minimum absolute atomic E-state index is 0.0695. The van der Waals surface area contributed by atoms with E-state index in [2.05, 4.69) is 15.5 Å². The number of nitrogens with zero attached hydrogens (tertiary/aromatic N) is 2. The van der Waals surface area contributed by atoms with E-state index in [1.54, 1.807) is 30.2 Å². The summed E-state index contributed by atoms with van der Waals surface area (Å²) in [5.41, 5.74) is 1.18. The van der Waals surface area contributed by atoms with Crippen molar-refractivity contribution < 1.29 is 9.59 Å². The normalized spacial score (nSPS) is 16.0. The lowest BCUT2D eigenvalue weighted by Crippen LogP contribution is -2.46. The first-order valence-corrected chi connectivity index (χ1v) is 7.61. The van der Waals surface area contributed by atoms with Crippen LogP contribution in [0.25, 0.3) is 10.9 Å². The predicted octanol–water partition coefficient (Wildman–Crippen LogP) is 1.96. The van der Waals surface area contributed by atoms with E-state index < -0.39 is 0 Å². The minimum atomic E-state index is -0.168. The van der Waals surface area contributed by atoms with E-state index in [0.717, 1.165) is 18.2 Å². The second kappa shape index (κ2) is 5.96. The first-order valence-electron chi connectivity index (χ1n) is 7.23. The number of hydrogen-bond acceptors (Lipinski definition) is 3. The molecule has 6 nitrogen and oxygen atoms in total. The fourth-order valence-corrected chi connectivity index (χ4v) is 3.03. The van der Waals surface area contributed by atoms with Gasteiger partial charge in [-0.05, 0) is 25.0 Å². The van der Waals surface area contributed by atoms with Gasteiger partial charge in [-0.15, -0.1) is 0 Å². The Bertz CT molecular complexity index is 719. The van der Waals surface area contributed by atoms with Crippen molar-refractivity contribution in [3.63, 3.8) is 0 Å². The number of aromatic amines is 1. The average molecular weight is 321 g/mol. The number of hydrogen-bond donors (Lipinski definition) is 2. The van der Waals surface area contributed by atoms with Crippen LogP contribution < -0.4 is 5.32 Å². The molecule has 2 heterocycles. The highest BCUT2D eigenvalue weighted by Gasteiger charge is 2.23. The van der Waals surface area contributed by atoms with Gasteiger partial charge in [-0.3, -0.25) is 14.7 Å². The molecular formula is C15H17ClN4O2. The molecule has 1 aliphatic heterocycles. The molecule has 1 aromatic heterocycles. The monoisotopic (exact) mass is 320 g/mol. The first kappa shape index (κ1) is 14.8. The Labute approximate surface area is 132 Å². The number of amides is 2. The van der Waals surface area contributed by atoms with Crippen molar-refractivity contribution in [2.75, 3.05) is 13.1 Å². The lowest BCUT2D eigenvalue weighted by atomic mass is 10.0. The van der Waals surface area contributed by atoms with Crippen LogP contribution in [0.4, 0.5) is 0 Å². The summed E-state index contributed by atoms with van der Waals surface area (Å²) >= 11 is 6.06. The number of carbonyl (C=O) groups is 2. The molecule has 7 heteroatoms. The zero-order valence-electron chi connectivity index (χ0n) is 12.2. The van der Waals surface area contributed by atoms with Gasteiger partial charge in [0.15, 0.2) is 0 Å². The van der Waals surface area contributed by atoms with Gasteiger partial charge in [0, 0.05) is 36.5 Å². The van der Waals surface area contributed by atoms with Crippen LogP contribution in [-0.2, 0) is 4.79 Å². The summed E-state index contributed by atoms with van der Waals surface area (Å²) in [6.45, 7) is 2.92. The SMILES string of the molecule is CC(=O)N1CCC(NC(=O)c2cc(Cl)cc3cn[nH]c23)CC1. The second-order valence-electron chi connectivity index (χ2n) is 5.54. The number of piperidine rings is 1. The van der Waals surface area contributed by atoms with Crippen LogP contribution in [0.2, 0.25) is 5.02 Å². The zero-order chi connectivity index (χ0) is 15.7. The predicted molar refractivity (Wildman–Crippen MR) is 83.8 cm³/mol. The second-order valence-corrected chi connectivity index (χ2v) is 5.98. The molecule has 3 rings (SSSR count). The molecule has 1 fully saturated rings. The standard InChI is InChI=1S/C15H17ClN4O2/c1-9(21)20-4-2-12(3-5-20)18-15(22)13-7-11(16)6-10-8-17-19-14(10)13/h6-8,12H,2-5H2,1H3,(H,17,19)(H,18,22). The molecule has 0 unspecified atom stereocenters. The Morgan fingerprint density at radius 3 is 2.77 bits per heavy atom. The van der Waals surface area contributed by atoms with E-state index in [1.165, 1.54) is 0 Å². The Kier molecular flexibility index (Phi) is 4.02. The van der Waals surface area contributed by atoms with Gasteiger partial charge in [0.05, 0.1) is 17.3 Å². The Hall–Kier alpha value is -2.08. The molecule has 0 radical (unpaired) electrons. The third-order valence-corrected chi connectivity index (χ3v) is 4.25. The molecule has 1 aliphatic rings. The summed E-state index contributed by atoms with van der Waals surface area (Å²) in [6, 6.07) is 3.48. The topological polar surface area (TPSA) is 78.1 Å². The van der Waals surface area contributed by atoms with Crippen molar-refractivity contribution in [3.8, 4) is 0 Å². The van der Waals surface area contributed by atoms with E-state index in [0.29, 0.717) is 29.2 Å². The van der Waals surface area contributed by atoms with E-state index in [1.807, 2.05) is 0 Å². The molecule has 0 saturated carbocycles. The Balaban J connectivity index is 1.72. The number of H-pyrrole nitrogens is 1. The highest BCUT2D eigenvalue weighted by Crippen LogP contribution is 2.22. The van der Waals surface area contributed by atoms with Crippen LogP contribution >= 0.6 is 11.6 Å². The lowest BCUT2D eigenvalue weighted by Gasteiger charge is -2.31. The van der Waals surface area contributed by atoms with E-state index in [-0.39, 0.29) is 17.9 Å². The summed E-state index contributed by atoms with van der Waals surface area (Å²) in [6.07, 6.45) is 3.17. The van der Waals surface area contributed by atoms with Crippen molar-refractivity contribution in [2.24, 2.45) is 0 Å². The third-order valence-electron chi connectivity index (χ3n) is 4.03. The van der Waals surface area contributed by atoms with Gasteiger partial charge >= 0.3 is 0 Å². The molecule has 2 amide bonds. The van der Waals surface area contributed by atoms with Gasteiger partial charge in [0.2, 0.25) is 5.91 Å². The molecular weight excluding hydrogens is 304 g/mol. The smallest absolute Gasteiger partial charge is 0.253 e. The maximum Gasteiger partial charge on any atom is 0.253 e. The van der Waals surface area contributed by atoms with Crippen molar-refractivity contribution in [3.05, 3.63) is 28.9 Å². The number of halogens is 1. The number of aromatic nitrogens is 2. The molecule has 0 atom stereocenters. The molecule has 0 aliphatic carbocycles. The zero-order valence-corrected chi connectivity index (χ0v) is 13.0. The number of benzene rings is 1. The van der Waals surface area contributed by atoms with Crippen LogP contribution in [0.1, 0.15) is 30.1 Å². The molecule has 0 bridgehead atoms. The van der Waals surface area contributed by atoms with Crippen LogP contribution in [0, 0.1) is 0 Å². The van der Waals surface area contributed by atoms with Crippen molar-refractivity contribution in [2.45, 2.75) is 25.8 Å². The number of fused-ring (bicyclic) bond motifs is 1.